The van der Waals surface area contributed by atoms with Crippen LogP contribution in [0.4, 0.5) is 17.1 Å². The van der Waals surface area contributed by atoms with E-state index < -0.39 is 10.0 Å². The average Bonchev–Trinajstić information content (AvgIpc) is 3.44. The first-order valence-electron chi connectivity index (χ1n) is 12.1. The molecule has 1 aliphatic rings. The lowest BCUT2D eigenvalue weighted by atomic mass is 10.1. The van der Waals surface area contributed by atoms with E-state index in [1.807, 2.05) is 30.3 Å². The summed E-state index contributed by atoms with van der Waals surface area (Å²) in [7, 11) is -0.605. The van der Waals surface area contributed by atoms with Crippen LogP contribution in [0, 0.1) is 0 Å². The van der Waals surface area contributed by atoms with Crippen molar-refractivity contribution in [3.8, 4) is 11.5 Å². The number of thiocarbonyl (C=S) groups is 1. The second-order valence-electron chi connectivity index (χ2n) is 8.69. The average molecular weight is 541 g/mol. The molecule has 0 aliphatic carbocycles. The van der Waals surface area contributed by atoms with Crippen molar-refractivity contribution in [3.63, 3.8) is 0 Å². The molecule has 8 nitrogen and oxygen atoms in total. The standard InChI is InChI=1S/C27H32N4O4S2/c1-34-22-9-5-20(6-10-22)15-16-28-27(36)29-25-19-24(13-14-26(25)31-17-3-4-18-31)37(32,33)30-21-7-11-23(35-2)12-8-21/h5-14,19,30H,3-4,15-18H2,1-2H3,(H2,28,29,36). The van der Waals surface area contributed by atoms with Crippen molar-refractivity contribution in [3.05, 3.63) is 72.3 Å². The molecule has 1 saturated heterocycles. The van der Waals surface area contributed by atoms with Crippen LogP contribution in [-0.2, 0) is 16.4 Å². The zero-order valence-corrected chi connectivity index (χ0v) is 22.6. The van der Waals surface area contributed by atoms with Crippen molar-refractivity contribution in [2.24, 2.45) is 0 Å². The topological polar surface area (TPSA) is 91.9 Å². The zero-order valence-electron chi connectivity index (χ0n) is 21.0. The molecule has 1 heterocycles. The van der Waals surface area contributed by atoms with Gasteiger partial charge in [-0.3, -0.25) is 4.72 Å². The maximum Gasteiger partial charge on any atom is 0.261 e. The minimum atomic E-state index is -3.81. The Bertz CT molecular complexity index is 1310. The van der Waals surface area contributed by atoms with Crippen LogP contribution in [-0.4, -0.2) is 47.4 Å². The van der Waals surface area contributed by atoms with E-state index in [1.165, 1.54) is 0 Å². The third kappa shape index (κ3) is 7.05. The Labute approximate surface area is 224 Å². The van der Waals surface area contributed by atoms with E-state index >= 15 is 0 Å². The first kappa shape index (κ1) is 26.6. The molecular weight excluding hydrogens is 508 g/mol. The van der Waals surface area contributed by atoms with E-state index in [4.69, 9.17) is 21.7 Å². The van der Waals surface area contributed by atoms with Gasteiger partial charge >= 0.3 is 0 Å². The third-order valence-electron chi connectivity index (χ3n) is 6.17. The molecule has 0 amide bonds. The number of anilines is 3. The first-order chi connectivity index (χ1) is 17.9. The van der Waals surface area contributed by atoms with E-state index in [0.29, 0.717) is 28.8 Å². The van der Waals surface area contributed by atoms with Crippen molar-refractivity contribution in [1.82, 2.24) is 5.32 Å². The number of sulfonamides is 1. The lowest BCUT2D eigenvalue weighted by Crippen LogP contribution is -2.31. The number of rotatable bonds is 10. The van der Waals surface area contributed by atoms with Gasteiger partial charge in [0.15, 0.2) is 5.11 Å². The summed E-state index contributed by atoms with van der Waals surface area (Å²) < 4.78 is 39.3. The minimum Gasteiger partial charge on any atom is -0.497 e. The molecule has 0 unspecified atom stereocenters. The van der Waals surface area contributed by atoms with Crippen LogP contribution in [0.2, 0.25) is 0 Å². The van der Waals surface area contributed by atoms with Gasteiger partial charge in [-0.1, -0.05) is 12.1 Å². The molecule has 3 N–H and O–H groups in total. The van der Waals surface area contributed by atoms with Gasteiger partial charge in [0.1, 0.15) is 11.5 Å². The summed E-state index contributed by atoms with van der Waals surface area (Å²) in [6.07, 6.45) is 2.98. The number of hydrogen-bond donors (Lipinski definition) is 3. The van der Waals surface area contributed by atoms with Gasteiger partial charge in [-0.05, 0) is 91.6 Å². The molecule has 0 saturated carbocycles. The molecule has 0 atom stereocenters. The Morgan fingerprint density at radius 3 is 2.16 bits per heavy atom. The van der Waals surface area contributed by atoms with E-state index in [2.05, 4.69) is 20.3 Å². The molecule has 0 bridgehead atoms. The maximum atomic E-state index is 13.2. The van der Waals surface area contributed by atoms with Crippen molar-refractivity contribution in [2.45, 2.75) is 24.2 Å². The number of methoxy groups -OCH3 is 2. The number of nitrogens with one attached hydrogen (secondary N) is 3. The van der Waals surface area contributed by atoms with Crippen molar-refractivity contribution in [2.75, 3.05) is 48.8 Å². The van der Waals surface area contributed by atoms with Crippen LogP contribution in [0.1, 0.15) is 18.4 Å². The number of hydrogen-bond acceptors (Lipinski definition) is 6. The van der Waals surface area contributed by atoms with Crippen LogP contribution < -0.4 is 29.7 Å². The Morgan fingerprint density at radius 2 is 1.54 bits per heavy atom. The van der Waals surface area contributed by atoms with Crippen LogP contribution in [0.15, 0.2) is 71.6 Å². The highest BCUT2D eigenvalue weighted by Crippen LogP contribution is 2.32. The van der Waals surface area contributed by atoms with Gasteiger partial charge < -0.3 is 25.0 Å². The van der Waals surface area contributed by atoms with Crippen LogP contribution in [0.25, 0.3) is 0 Å². The highest BCUT2D eigenvalue weighted by molar-refractivity contribution is 7.92. The summed E-state index contributed by atoms with van der Waals surface area (Å²) in [5.41, 5.74) is 3.20. The number of nitrogens with zero attached hydrogens (tertiary/aromatic N) is 1. The summed E-state index contributed by atoms with van der Waals surface area (Å²) in [4.78, 5) is 2.39. The monoisotopic (exact) mass is 540 g/mol. The molecule has 3 aromatic carbocycles. The summed E-state index contributed by atoms with van der Waals surface area (Å²) >= 11 is 5.55. The van der Waals surface area contributed by atoms with Crippen molar-refractivity contribution >= 4 is 44.4 Å². The molecule has 196 valence electrons. The van der Waals surface area contributed by atoms with Crippen molar-refractivity contribution in [1.29, 1.82) is 0 Å². The minimum absolute atomic E-state index is 0.148. The number of benzene rings is 3. The van der Waals surface area contributed by atoms with E-state index in [-0.39, 0.29) is 4.90 Å². The van der Waals surface area contributed by atoms with Gasteiger partial charge in [0, 0.05) is 25.3 Å². The fourth-order valence-corrected chi connectivity index (χ4v) is 5.46. The summed E-state index contributed by atoms with van der Waals surface area (Å²) in [6, 6.07) is 19.7. The van der Waals surface area contributed by atoms with Gasteiger partial charge in [-0.25, -0.2) is 8.42 Å². The zero-order chi connectivity index (χ0) is 26.3. The van der Waals surface area contributed by atoms with Gasteiger partial charge in [0.2, 0.25) is 0 Å². The number of ether oxygens (including phenoxy) is 2. The molecule has 10 heteroatoms. The predicted octanol–water partition coefficient (Wildman–Crippen LogP) is 4.63. The molecule has 0 radical (unpaired) electrons. The van der Waals surface area contributed by atoms with Crippen molar-refractivity contribution < 1.29 is 17.9 Å². The second-order valence-corrected chi connectivity index (χ2v) is 10.8. The molecular formula is C27H32N4O4S2. The normalized spacial score (nSPS) is 13.2. The van der Waals surface area contributed by atoms with E-state index in [0.717, 1.165) is 49.4 Å². The summed E-state index contributed by atoms with van der Waals surface area (Å²) in [5, 5.41) is 6.90. The largest absolute Gasteiger partial charge is 0.497 e. The highest BCUT2D eigenvalue weighted by Gasteiger charge is 2.21. The molecule has 3 aromatic rings. The molecule has 0 spiro atoms. The molecule has 0 aromatic heterocycles. The fourth-order valence-electron chi connectivity index (χ4n) is 4.17. The third-order valence-corrected chi connectivity index (χ3v) is 7.80. The Hall–Kier alpha value is -3.50. The molecule has 1 aliphatic heterocycles. The summed E-state index contributed by atoms with van der Waals surface area (Å²) in [6.45, 7) is 2.47. The fraction of sp³-hybridized carbons (Fsp3) is 0.296. The molecule has 1 fully saturated rings. The quantitative estimate of drug-likeness (QED) is 0.321. The maximum absolute atomic E-state index is 13.2. The SMILES string of the molecule is COc1ccc(CCNC(=S)Nc2cc(S(=O)(=O)Nc3ccc(OC)cc3)ccc2N2CCCC2)cc1. The first-order valence-corrected chi connectivity index (χ1v) is 14.0. The summed E-state index contributed by atoms with van der Waals surface area (Å²) in [5.74, 6) is 1.47. The van der Waals surface area contributed by atoms with Crippen LogP contribution in [0.3, 0.4) is 0 Å². The second kappa shape index (κ2) is 12.2. The van der Waals surface area contributed by atoms with Gasteiger partial charge in [0.05, 0.1) is 30.5 Å². The Morgan fingerprint density at radius 1 is 0.919 bits per heavy atom. The smallest absolute Gasteiger partial charge is 0.261 e. The highest BCUT2D eigenvalue weighted by atomic mass is 32.2. The predicted molar refractivity (Wildman–Crippen MR) is 153 cm³/mol. The Kier molecular flexibility index (Phi) is 8.73. The van der Waals surface area contributed by atoms with Gasteiger partial charge in [-0.15, -0.1) is 0 Å². The van der Waals surface area contributed by atoms with Gasteiger partial charge in [-0.2, -0.15) is 0 Å². The van der Waals surface area contributed by atoms with Crippen LogP contribution in [0.5, 0.6) is 11.5 Å². The van der Waals surface area contributed by atoms with E-state index in [1.54, 1.807) is 50.6 Å². The van der Waals surface area contributed by atoms with Gasteiger partial charge in [0.25, 0.3) is 10.0 Å². The Balaban J connectivity index is 1.47. The lowest BCUT2D eigenvalue weighted by molar-refractivity contribution is 0.414. The molecule has 4 rings (SSSR count). The van der Waals surface area contributed by atoms with Crippen LogP contribution >= 0.6 is 12.2 Å². The van der Waals surface area contributed by atoms with E-state index in [9.17, 15) is 8.42 Å². The lowest BCUT2D eigenvalue weighted by Gasteiger charge is -2.23. The molecule has 37 heavy (non-hydrogen) atoms.